The summed E-state index contributed by atoms with van der Waals surface area (Å²) >= 11 is 0. The first kappa shape index (κ1) is 13.8. The first-order chi connectivity index (χ1) is 11.3. The van der Waals surface area contributed by atoms with E-state index in [1.54, 1.807) is 31.4 Å². The third-order valence-corrected chi connectivity index (χ3v) is 4.07. The van der Waals surface area contributed by atoms with E-state index >= 15 is 0 Å². The Bertz CT molecular complexity index is 809. The van der Waals surface area contributed by atoms with Gasteiger partial charge < -0.3 is 14.2 Å². The molecule has 116 valence electrons. The van der Waals surface area contributed by atoms with Crippen molar-refractivity contribution >= 4 is 11.5 Å². The molecule has 0 saturated carbocycles. The lowest BCUT2D eigenvalue weighted by molar-refractivity contribution is 0.106. The highest BCUT2D eigenvalue weighted by molar-refractivity contribution is 6.52. The molecular formula is C18H15NO4. The molecule has 0 saturated heterocycles. The zero-order valence-electron chi connectivity index (χ0n) is 12.7. The molecule has 4 rings (SSSR count). The summed E-state index contributed by atoms with van der Waals surface area (Å²) in [5.74, 6) is 2.03. The van der Waals surface area contributed by atoms with Gasteiger partial charge in [0.25, 0.3) is 0 Å². The van der Waals surface area contributed by atoms with Crippen molar-refractivity contribution in [2.24, 2.45) is 4.99 Å². The largest absolute Gasteiger partial charge is 0.497 e. The highest BCUT2D eigenvalue weighted by Gasteiger charge is 2.26. The van der Waals surface area contributed by atoms with E-state index < -0.39 is 0 Å². The van der Waals surface area contributed by atoms with Gasteiger partial charge in [-0.2, -0.15) is 0 Å². The topological polar surface area (TPSA) is 57.1 Å². The Labute approximate surface area is 133 Å². The van der Waals surface area contributed by atoms with Crippen molar-refractivity contribution in [2.45, 2.75) is 6.42 Å². The fourth-order valence-electron chi connectivity index (χ4n) is 2.86. The number of hydrogen-bond donors (Lipinski definition) is 0. The van der Waals surface area contributed by atoms with Crippen molar-refractivity contribution in [2.75, 3.05) is 20.4 Å². The average molecular weight is 309 g/mol. The molecule has 0 radical (unpaired) electrons. The van der Waals surface area contributed by atoms with Crippen LogP contribution in [0, 0.1) is 0 Å². The van der Waals surface area contributed by atoms with Gasteiger partial charge in [0.05, 0.1) is 7.11 Å². The minimum atomic E-state index is -0.0903. The van der Waals surface area contributed by atoms with Crippen molar-refractivity contribution in [3.8, 4) is 17.2 Å². The zero-order chi connectivity index (χ0) is 15.8. The second kappa shape index (κ2) is 5.43. The Morgan fingerprint density at radius 2 is 1.87 bits per heavy atom. The van der Waals surface area contributed by atoms with Crippen molar-refractivity contribution in [3.05, 3.63) is 53.1 Å². The van der Waals surface area contributed by atoms with E-state index in [1.807, 2.05) is 12.1 Å². The molecule has 5 heteroatoms. The maximum atomic E-state index is 12.8. The first-order valence-corrected chi connectivity index (χ1v) is 7.42. The van der Waals surface area contributed by atoms with Gasteiger partial charge in [-0.25, -0.2) is 0 Å². The molecule has 0 amide bonds. The third kappa shape index (κ3) is 2.34. The molecule has 2 aromatic carbocycles. The average Bonchev–Trinajstić information content (AvgIpc) is 3.06. The molecule has 0 unspecified atom stereocenters. The van der Waals surface area contributed by atoms with E-state index in [9.17, 15) is 4.79 Å². The summed E-state index contributed by atoms with van der Waals surface area (Å²) in [6, 6.07) is 10.9. The molecule has 2 aliphatic rings. The van der Waals surface area contributed by atoms with Crippen molar-refractivity contribution in [3.63, 3.8) is 0 Å². The summed E-state index contributed by atoms with van der Waals surface area (Å²) in [5, 5.41) is 0. The highest BCUT2D eigenvalue weighted by atomic mass is 16.7. The molecule has 0 atom stereocenters. The molecule has 0 bridgehead atoms. The summed E-state index contributed by atoms with van der Waals surface area (Å²) in [6.45, 7) is 0.820. The van der Waals surface area contributed by atoms with Gasteiger partial charge in [0.1, 0.15) is 11.5 Å². The Morgan fingerprint density at radius 3 is 2.61 bits per heavy atom. The number of carbonyl (C=O) groups is 1. The fraction of sp³-hybridized carbons (Fsp3) is 0.222. The predicted molar refractivity (Wildman–Crippen MR) is 85.0 cm³/mol. The van der Waals surface area contributed by atoms with Crippen LogP contribution in [0.3, 0.4) is 0 Å². The van der Waals surface area contributed by atoms with E-state index in [1.165, 1.54) is 0 Å². The van der Waals surface area contributed by atoms with Crippen LogP contribution in [-0.2, 0) is 6.42 Å². The van der Waals surface area contributed by atoms with Gasteiger partial charge in [0.15, 0.2) is 11.5 Å². The van der Waals surface area contributed by atoms with Crippen LogP contribution in [0.1, 0.15) is 21.5 Å². The van der Waals surface area contributed by atoms with Gasteiger partial charge in [0.2, 0.25) is 12.6 Å². The molecule has 2 aromatic rings. The Hall–Kier alpha value is -2.82. The van der Waals surface area contributed by atoms with Gasteiger partial charge in [-0.3, -0.25) is 9.79 Å². The number of nitrogens with zero attached hydrogens (tertiary/aromatic N) is 1. The van der Waals surface area contributed by atoms with E-state index in [-0.39, 0.29) is 12.6 Å². The number of rotatable bonds is 3. The molecular weight excluding hydrogens is 294 g/mol. The molecule has 0 spiro atoms. The van der Waals surface area contributed by atoms with Crippen molar-refractivity contribution in [1.29, 1.82) is 0 Å². The van der Waals surface area contributed by atoms with Crippen LogP contribution >= 0.6 is 0 Å². The number of hydrogen-bond acceptors (Lipinski definition) is 5. The quantitative estimate of drug-likeness (QED) is 0.818. The van der Waals surface area contributed by atoms with E-state index in [4.69, 9.17) is 14.2 Å². The van der Waals surface area contributed by atoms with Crippen molar-refractivity contribution < 1.29 is 19.0 Å². The van der Waals surface area contributed by atoms with Gasteiger partial charge in [-0.1, -0.05) is 0 Å². The minimum absolute atomic E-state index is 0.0903. The molecule has 0 aliphatic carbocycles. The number of aliphatic imine (C=N–C) groups is 1. The number of carbonyl (C=O) groups excluding carboxylic acids is 1. The zero-order valence-corrected chi connectivity index (χ0v) is 12.7. The number of ether oxygens (including phenoxy) is 3. The van der Waals surface area contributed by atoms with E-state index in [0.29, 0.717) is 23.6 Å². The van der Waals surface area contributed by atoms with Gasteiger partial charge >= 0.3 is 0 Å². The highest BCUT2D eigenvalue weighted by Crippen LogP contribution is 2.36. The Kier molecular flexibility index (Phi) is 3.26. The molecule has 5 nitrogen and oxygen atoms in total. The third-order valence-electron chi connectivity index (χ3n) is 4.07. The summed E-state index contributed by atoms with van der Waals surface area (Å²) < 4.78 is 16.0. The lowest BCUT2D eigenvalue weighted by Crippen LogP contribution is -2.22. The monoisotopic (exact) mass is 309 g/mol. The fourth-order valence-corrected chi connectivity index (χ4v) is 2.86. The number of benzene rings is 2. The van der Waals surface area contributed by atoms with Crippen LogP contribution in [0.5, 0.6) is 17.2 Å². The standard InChI is InChI=1S/C18H15NO4/c1-21-13-4-2-11(3-5-13)18(20)17-14-9-16-15(22-10-23-16)8-12(14)6-7-19-17/h2-5,8-9H,6-7,10H2,1H3. The molecule has 0 aromatic heterocycles. The summed E-state index contributed by atoms with van der Waals surface area (Å²) in [4.78, 5) is 17.3. The van der Waals surface area contributed by atoms with Crippen LogP contribution in [0.2, 0.25) is 0 Å². The number of fused-ring (bicyclic) bond motifs is 2. The van der Waals surface area contributed by atoms with Gasteiger partial charge in [0, 0.05) is 17.7 Å². The smallest absolute Gasteiger partial charge is 0.231 e. The second-order valence-electron chi connectivity index (χ2n) is 5.40. The van der Waals surface area contributed by atoms with E-state index in [0.717, 1.165) is 29.0 Å². The number of methoxy groups -OCH3 is 1. The molecule has 2 aliphatic heterocycles. The van der Waals surface area contributed by atoms with Crippen LogP contribution in [0.4, 0.5) is 0 Å². The summed E-state index contributed by atoms with van der Waals surface area (Å²) in [5.41, 5.74) is 2.98. The lowest BCUT2D eigenvalue weighted by atomic mass is 9.92. The van der Waals surface area contributed by atoms with Crippen LogP contribution in [0.15, 0.2) is 41.4 Å². The van der Waals surface area contributed by atoms with Crippen LogP contribution < -0.4 is 14.2 Å². The number of ketones is 1. The maximum Gasteiger partial charge on any atom is 0.231 e. The van der Waals surface area contributed by atoms with Gasteiger partial charge in [-0.15, -0.1) is 0 Å². The Morgan fingerprint density at radius 1 is 1.13 bits per heavy atom. The lowest BCUT2D eigenvalue weighted by Gasteiger charge is -2.17. The van der Waals surface area contributed by atoms with E-state index in [2.05, 4.69) is 4.99 Å². The van der Waals surface area contributed by atoms with Crippen LogP contribution in [-0.4, -0.2) is 31.9 Å². The van der Waals surface area contributed by atoms with Gasteiger partial charge in [-0.05, 0) is 48.4 Å². The minimum Gasteiger partial charge on any atom is -0.497 e. The first-order valence-electron chi connectivity index (χ1n) is 7.42. The summed E-state index contributed by atoms with van der Waals surface area (Å²) in [6.07, 6.45) is 0.797. The Balaban J connectivity index is 1.72. The summed E-state index contributed by atoms with van der Waals surface area (Å²) in [7, 11) is 1.60. The molecule has 23 heavy (non-hydrogen) atoms. The molecule has 0 fully saturated rings. The number of Topliss-reactive ketones (excluding diaryl/α,β-unsaturated/α-hetero) is 1. The van der Waals surface area contributed by atoms with Crippen LogP contribution in [0.25, 0.3) is 0 Å². The second-order valence-corrected chi connectivity index (χ2v) is 5.40. The SMILES string of the molecule is COc1ccc(C(=O)C2=NCCc3cc4c(cc32)OCO4)cc1. The van der Waals surface area contributed by atoms with Crippen molar-refractivity contribution in [1.82, 2.24) is 0 Å². The molecule has 0 N–H and O–H groups in total. The predicted octanol–water partition coefficient (Wildman–Crippen LogP) is 2.65. The normalized spacial score (nSPS) is 14.9. The maximum absolute atomic E-state index is 12.8. The molecule has 2 heterocycles.